The van der Waals surface area contributed by atoms with Crippen LogP contribution in [0.4, 0.5) is 13.2 Å². The van der Waals surface area contributed by atoms with Gasteiger partial charge in [-0.05, 0) is 18.2 Å². The van der Waals surface area contributed by atoms with Crippen LogP contribution in [0.3, 0.4) is 0 Å². The summed E-state index contributed by atoms with van der Waals surface area (Å²) in [5.41, 5.74) is -0.584. The number of methoxy groups -OCH3 is 1. The number of alkyl halides is 3. The van der Waals surface area contributed by atoms with E-state index in [-0.39, 0.29) is 11.0 Å². The van der Waals surface area contributed by atoms with Crippen LogP contribution in [0, 0.1) is 0 Å². The molecule has 2 nitrogen and oxygen atoms in total. The number of rotatable bonds is 1. The van der Waals surface area contributed by atoms with Gasteiger partial charge in [0.25, 0.3) is 0 Å². The van der Waals surface area contributed by atoms with Gasteiger partial charge < -0.3 is 9.15 Å². The Kier molecular flexibility index (Phi) is 2.10. The smallest absolute Gasteiger partial charge is 0.420 e. The molecule has 0 saturated carbocycles. The molecule has 0 atom stereocenters. The standard InChI is InChI=1S/C10H7F3O2/c1-14-6-2-3-9-7(4-6)8(5-15-9)10(11,12)13/h2-5H,1H3. The molecular weight excluding hydrogens is 209 g/mol. The minimum absolute atomic E-state index is 0.0156. The molecule has 0 aliphatic carbocycles. The quantitative estimate of drug-likeness (QED) is 0.728. The summed E-state index contributed by atoms with van der Waals surface area (Å²) in [5.74, 6) is 0.370. The van der Waals surface area contributed by atoms with Crippen molar-refractivity contribution in [2.45, 2.75) is 6.18 Å². The molecule has 1 heterocycles. The fraction of sp³-hybridized carbons (Fsp3) is 0.200. The fourth-order valence-corrected chi connectivity index (χ4v) is 1.35. The van der Waals surface area contributed by atoms with Gasteiger partial charge in [-0.1, -0.05) is 0 Å². The first-order valence-corrected chi connectivity index (χ1v) is 4.15. The number of hydrogen-bond donors (Lipinski definition) is 0. The van der Waals surface area contributed by atoms with Gasteiger partial charge in [-0.15, -0.1) is 0 Å². The van der Waals surface area contributed by atoms with Gasteiger partial charge in [-0.2, -0.15) is 13.2 Å². The van der Waals surface area contributed by atoms with Crippen molar-refractivity contribution in [1.82, 2.24) is 0 Å². The lowest BCUT2D eigenvalue weighted by Crippen LogP contribution is -2.03. The molecule has 0 aliphatic heterocycles. The van der Waals surface area contributed by atoms with Crippen LogP contribution in [0.25, 0.3) is 11.0 Å². The second-order valence-corrected chi connectivity index (χ2v) is 3.01. The summed E-state index contributed by atoms with van der Waals surface area (Å²) in [7, 11) is 1.40. The van der Waals surface area contributed by atoms with Crippen molar-refractivity contribution in [3.8, 4) is 5.75 Å². The fourth-order valence-electron chi connectivity index (χ4n) is 1.35. The van der Waals surface area contributed by atoms with E-state index >= 15 is 0 Å². The SMILES string of the molecule is COc1ccc2occ(C(F)(F)F)c2c1. The van der Waals surface area contributed by atoms with Crippen molar-refractivity contribution in [2.24, 2.45) is 0 Å². The Morgan fingerprint density at radius 2 is 2.00 bits per heavy atom. The summed E-state index contributed by atoms with van der Waals surface area (Å²) in [6.45, 7) is 0. The molecule has 1 aromatic heterocycles. The maximum Gasteiger partial charge on any atom is 0.420 e. The normalized spacial score (nSPS) is 12.0. The molecule has 0 unspecified atom stereocenters. The van der Waals surface area contributed by atoms with Crippen molar-refractivity contribution in [3.63, 3.8) is 0 Å². The topological polar surface area (TPSA) is 22.4 Å². The molecule has 15 heavy (non-hydrogen) atoms. The Labute approximate surface area is 83.2 Å². The van der Waals surface area contributed by atoms with Crippen LogP contribution in [-0.4, -0.2) is 7.11 Å². The molecule has 0 aliphatic rings. The average molecular weight is 216 g/mol. The summed E-state index contributed by atoms with van der Waals surface area (Å²) in [4.78, 5) is 0. The van der Waals surface area contributed by atoms with Crippen molar-refractivity contribution >= 4 is 11.0 Å². The summed E-state index contributed by atoms with van der Waals surface area (Å²) < 4.78 is 47.1. The molecule has 0 spiro atoms. The van der Waals surface area contributed by atoms with Crippen molar-refractivity contribution in [3.05, 3.63) is 30.0 Å². The van der Waals surface area contributed by atoms with Crippen molar-refractivity contribution in [2.75, 3.05) is 7.11 Å². The highest BCUT2D eigenvalue weighted by Crippen LogP contribution is 2.37. The molecule has 1 aromatic carbocycles. The lowest BCUT2D eigenvalue weighted by atomic mass is 10.1. The summed E-state index contributed by atoms with van der Waals surface area (Å²) in [6, 6.07) is 4.30. The molecular formula is C10H7F3O2. The van der Waals surface area contributed by atoms with E-state index in [0.29, 0.717) is 12.0 Å². The lowest BCUT2D eigenvalue weighted by Gasteiger charge is -2.03. The van der Waals surface area contributed by atoms with Gasteiger partial charge in [0.1, 0.15) is 23.2 Å². The molecule has 0 fully saturated rings. The largest absolute Gasteiger partial charge is 0.497 e. The van der Waals surface area contributed by atoms with Gasteiger partial charge in [0.05, 0.1) is 7.11 Å². The first-order chi connectivity index (χ1) is 7.02. The maximum absolute atomic E-state index is 12.5. The monoisotopic (exact) mass is 216 g/mol. The van der Waals surface area contributed by atoms with E-state index in [1.807, 2.05) is 0 Å². The Morgan fingerprint density at radius 3 is 2.60 bits per heavy atom. The van der Waals surface area contributed by atoms with E-state index in [4.69, 9.17) is 9.15 Å². The Bertz CT molecular complexity index is 485. The highest BCUT2D eigenvalue weighted by Gasteiger charge is 2.34. The van der Waals surface area contributed by atoms with E-state index < -0.39 is 11.7 Å². The molecule has 2 rings (SSSR count). The Balaban J connectivity index is 2.67. The zero-order chi connectivity index (χ0) is 11.1. The van der Waals surface area contributed by atoms with Crippen LogP contribution in [0.2, 0.25) is 0 Å². The van der Waals surface area contributed by atoms with Gasteiger partial charge in [-0.3, -0.25) is 0 Å². The molecule has 0 radical (unpaired) electrons. The third kappa shape index (κ3) is 1.65. The maximum atomic E-state index is 12.5. The zero-order valence-electron chi connectivity index (χ0n) is 7.76. The van der Waals surface area contributed by atoms with Gasteiger partial charge in [0.2, 0.25) is 0 Å². The van der Waals surface area contributed by atoms with Crippen molar-refractivity contribution in [1.29, 1.82) is 0 Å². The number of fused-ring (bicyclic) bond motifs is 1. The van der Waals surface area contributed by atoms with Gasteiger partial charge in [0.15, 0.2) is 0 Å². The van der Waals surface area contributed by atoms with Crippen LogP contribution in [0.1, 0.15) is 5.56 Å². The molecule has 80 valence electrons. The Hall–Kier alpha value is -1.65. The van der Waals surface area contributed by atoms with Gasteiger partial charge in [0, 0.05) is 5.39 Å². The van der Waals surface area contributed by atoms with Crippen LogP contribution >= 0.6 is 0 Å². The number of furan rings is 1. The lowest BCUT2D eigenvalue weighted by molar-refractivity contribution is -0.136. The van der Waals surface area contributed by atoms with Crippen molar-refractivity contribution < 1.29 is 22.3 Å². The van der Waals surface area contributed by atoms with Gasteiger partial charge in [-0.25, -0.2) is 0 Å². The van der Waals surface area contributed by atoms with E-state index in [9.17, 15) is 13.2 Å². The number of ether oxygens (including phenoxy) is 1. The summed E-state index contributed by atoms with van der Waals surface area (Å²) in [5, 5.41) is 0.0156. The number of benzene rings is 1. The summed E-state index contributed by atoms with van der Waals surface area (Å²) >= 11 is 0. The Morgan fingerprint density at radius 1 is 1.27 bits per heavy atom. The highest BCUT2D eigenvalue weighted by atomic mass is 19.4. The number of hydrogen-bond acceptors (Lipinski definition) is 2. The molecule has 0 amide bonds. The van der Waals surface area contributed by atoms with E-state index in [0.717, 1.165) is 0 Å². The third-order valence-electron chi connectivity index (χ3n) is 2.09. The van der Waals surface area contributed by atoms with Crippen LogP contribution < -0.4 is 4.74 Å². The highest BCUT2D eigenvalue weighted by molar-refractivity contribution is 5.83. The first kappa shape index (κ1) is 9.89. The second-order valence-electron chi connectivity index (χ2n) is 3.01. The van der Waals surface area contributed by atoms with Gasteiger partial charge >= 0.3 is 6.18 Å². The average Bonchev–Trinajstić information content (AvgIpc) is 2.59. The zero-order valence-corrected chi connectivity index (χ0v) is 7.76. The number of halogens is 3. The predicted molar refractivity (Wildman–Crippen MR) is 47.8 cm³/mol. The van der Waals surface area contributed by atoms with Crippen LogP contribution in [-0.2, 0) is 6.18 Å². The predicted octanol–water partition coefficient (Wildman–Crippen LogP) is 3.46. The van der Waals surface area contributed by atoms with E-state index in [1.165, 1.54) is 19.2 Å². The second kappa shape index (κ2) is 3.18. The molecule has 2 aromatic rings. The first-order valence-electron chi connectivity index (χ1n) is 4.15. The van der Waals surface area contributed by atoms with Crippen LogP contribution in [0.5, 0.6) is 5.75 Å². The van der Waals surface area contributed by atoms with Crippen LogP contribution in [0.15, 0.2) is 28.9 Å². The molecule has 0 N–H and O–H groups in total. The molecule has 5 heteroatoms. The molecule has 0 bridgehead atoms. The minimum atomic E-state index is -4.41. The van der Waals surface area contributed by atoms with E-state index in [2.05, 4.69) is 0 Å². The van der Waals surface area contributed by atoms with E-state index in [1.54, 1.807) is 6.07 Å². The minimum Gasteiger partial charge on any atom is -0.497 e. The molecule has 0 saturated heterocycles. The third-order valence-corrected chi connectivity index (χ3v) is 2.09. The summed E-state index contributed by atoms with van der Waals surface area (Å²) in [6.07, 6.45) is -3.69.